The van der Waals surface area contributed by atoms with Crippen LogP contribution in [0.15, 0.2) is 36.7 Å². The molecule has 4 aromatic rings. The lowest BCUT2D eigenvalue weighted by molar-refractivity contribution is -0.126. The van der Waals surface area contributed by atoms with Gasteiger partial charge in [-0.1, -0.05) is 6.07 Å². The maximum Gasteiger partial charge on any atom is 0.393 e. The largest absolute Gasteiger partial charge is 0.393 e. The average molecular weight is 559 g/mol. The SMILES string of the molecule is CC(O)(CO)Cn1c(C#N)cc2cc(CN3CCC(Nc4ncnc5sc(CC(F)(F)F)cc45)CC3)ccc21. The number of hydrogen-bond acceptors (Lipinski definition) is 8. The van der Waals surface area contributed by atoms with Crippen molar-refractivity contribution in [3.8, 4) is 6.07 Å². The maximum absolute atomic E-state index is 12.8. The van der Waals surface area contributed by atoms with E-state index in [0.29, 0.717) is 21.7 Å². The van der Waals surface area contributed by atoms with E-state index < -0.39 is 24.8 Å². The van der Waals surface area contributed by atoms with Crippen molar-refractivity contribution in [2.75, 3.05) is 25.0 Å². The molecule has 1 fully saturated rings. The van der Waals surface area contributed by atoms with E-state index in [4.69, 9.17) is 0 Å². The van der Waals surface area contributed by atoms with Crippen LogP contribution in [-0.4, -0.2) is 67.2 Å². The lowest BCUT2D eigenvalue weighted by Crippen LogP contribution is -2.38. The molecule has 0 radical (unpaired) electrons. The quantitative estimate of drug-likeness (QED) is 0.293. The summed E-state index contributed by atoms with van der Waals surface area (Å²) in [5.41, 5.74) is 1.03. The van der Waals surface area contributed by atoms with E-state index in [1.54, 1.807) is 10.6 Å². The van der Waals surface area contributed by atoms with Crippen molar-refractivity contribution in [2.45, 2.75) is 57.1 Å². The maximum atomic E-state index is 12.8. The highest BCUT2D eigenvalue weighted by Gasteiger charge is 2.29. The van der Waals surface area contributed by atoms with Crippen LogP contribution in [0.25, 0.3) is 21.1 Å². The third-order valence-electron chi connectivity index (χ3n) is 7.01. The van der Waals surface area contributed by atoms with Gasteiger partial charge in [0.1, 0.15) is 34.3 Å². The Morgan fingerprint density at radius 1 is 1.18 bits per heavy atom. The van der Waals surface area contributed by atoms with Crippen molar-refractivity contribution < 1.29 is 23.4 Å². The van der Waals surface area contributed by atoms with E-state index in [-0.39, 0.29) is 17.5 Å². The molecule has 1 aliphatic rings. The molecule has 0 aliphatic carbocycles. The number of fused-ring (bicyclic) bond motifs is 2. The number of nitrogens with one attached hydrogen (secondary N) is 1. The summed E-state index contributed by atoms with van der Waals surface area (Å²) in [5.74, 6) is 0.576. The Morgan fingerprint density at radius 2 is 1.95 bits per heavy atom. The lowest BCUT2D eigenvalue weighted by atomic mass is 10.0. The summed E-state index contributed by atoms with van der Waals surface area (Å²) < 4.78 is 40.3. The van der Waals surface area contributed by atoms with Gasteiger partial charge >= 0.3 is 6.18 Å². The van der Waals surface area contributed by atoms with Crippen LogP contribution in [0.2, 0.25) is 0 Å². The molecule has 1 atom stereocenters. The molecule has 1 aromatic carbocycles. The summed E-state index contributed by atoms with van der Waals surface area (Å²) in [6.45, 7) is 3.67. The first kappa shape index (κ1) is 27.3. The zero-order valence-corrected chi connectivity index (χ0v) is 22.2. The molecule has 3 N–H and O–H groups in total. The normalized spacial score (nSPS) is 16.9. The van der Waals surface area contributed by atoms with E-state index >= 15 is 0 Å². The molecular formula is C27H29F3N6O2S. The molecule has 0 saturated carbocycles. The Balaban J connectivity index is 1.22. The number of anilines is 1. The standard InChI is InChI=1S/C27H29F3N6O2S/c1-26(38,15-37)14-36-20(12-31)9-18-8-17(2-3-23(18)36)13-35-6-4-19(5-7-35)34-24-22-10-21(11-27(28,29)30)39-25(22)33-16-32-24/h2-3,8-10,16,19,37-38H,4-7,11,13-15H2,1H3,(H,32,33,34). The molecular weight excluding hydrogens is 529 g/mol. The highest BCUT2D eigenvalue weighted by atomic mass is 32.1. The van der Waals surface area contributed by atoms with Gasteiger partial charge in [-0.2, -0.15) is 18.4 Å². The van der Waals surface area contributed by atoms with E-state index in [1.165, 1.54) is 19.3 Å². The van der Waals surface area contributed by atoms with Gasteiger partial charge in [0.15, 0.2) is 0 Å². The molecule has 0 bridgehead atoms. The Bertz CT molecular complexity index is 1520. The number of likely N-dealkylation sites (tertiary alicyclic amines) is 1. The van der Waals surface area contributed by atoms with Gasteiger partial charge in [-0.25, -0.2) is 9.97 Å². The third-order valence-corrected chi connectivity index (χ3v) is 8.05. The van der Waals surface area contributed by atoms with Gasteiger partial charge in [-0.15, -0.1) is 11.3 Å². The first-order chi connectivity index (χ1) is 18.5. The average Bonchev–Trinajstić information content (AvgIpc) is 3.44. The van der Waals surface area contributed by atoms with Crippen LogP contribution in [0, 0.1) is 11.3 Å². The highest BCUT2D eigenvalue weighted by molar-refractivity contribution is 7.18. The highest BCUT2D eigenvalue weighted by Crippen LogP contribution is 2.33. The molecule has 4 heterocycles. The van der Waals surface area contributed by atoms with Gasteiger partial charge in [0.05, 0.1) is 25.0 Å². The first-order valence-electron chi connectivity index (χ1n) is 12.7. The van der Waals surface area contributed by atoms with Crippen LogP contribution >= 0.6 is 11.3 Å². The molecule has 39 heavy (non-hydrogen) atoms. The summed E-state index contributed by atoms with van der Waals surface area (Å²) >= 11 is 1.05. The number of aromatic nitrogens is 3. The lowest BCUT2D eigenvalue weighted by Gasteiger charge is -2.32. The minimum absolute atomic E-state index is 0.114. The van der Waals surface area contributed by atoms with Crippen molar-refractivity contribution in [3.05, 3.63) is 52.8 Å². The molecule has 0 amide bonds. The molecule has 5 rings (SSSR count). The molecule has 3 aromatic heterocycles. The van der Waals surface area contributed by atoms with Crippen LogP contribution in [-0.2, 0) is 19.5 Å². The number of nitrogens with zero attached hydrogens (tertiary/aromatic N) is 5. The molecule has 12 heteroatoms. The number of halogens is 3. The summed E-state index contributed by atoms with van der Waals surface area (Å²) in [6.07, 6.45) is -2.12. The smallest absolute Gasteiger partial charge is 0.393 e. The van der Waals surface area contributed by atoms with Gasteiger partial charge < -0.3 is 20.1 Å². The fourth-order valence-corrected chi connectivity index (χ4v) is 6.09. The van der Waals surface area contributed by atoms with Crippen LogP contribution in [0.5, 0.6) is 0 Å². The predicted octanol–water partition coefficient (Wildman–Crippen LogP) is 4.44. The monoisotopic (exact) mass is 558 g/mol. The number of nitriles is 1. The Hall–Kier alpha value is -3.24. The molecule has 1 aliphatic heterocycles. The Labute approximate surface area is 227 Å². The number of hydrogen-bond donors (Lipinski definition) is 3. The summed E-state index contributed by atoms with van der Waals surface area (Å²) in [5, 5.41) is 34.3. The number of alkyl halides is 3. The molecule has 206 valence electrons. The minimum Gasteiger partial charge on any atom is -0.393 e. The van der Waals surface area contributed by atoms with Gasteiger partial charge in [0.25, 0.3) is 0 Å². The molecule has 1 unspecified atom stereocenters. The second-order valence-electron chi connectivity index (χ2n) is 10.4. The fourth-order valence-electron chi connectivity index (χ4n) is 5.06. The van der Waals surface area contributed by atoms with E-state index in [1.807, 2.05) is 12.1 Å². The zero-order valence-electron chi connectivity index (χ0n) is 21.4. The number of aliphatic hydroxyl groups is 2. The summed E-state index contributed by atoms with van der Waals surface area (Å²) in [4.78, 5) is 11.6. The van der Waals surface area contributed by atoms with Crippen LogP contribution in [0.4, 0.5) is 19.0 Å². The Kier molecular flexibility index (Phi) is 7.52. The number of piperidine rings is 1. The van der Waals surface area contributed by atoms with Gasteiger partial charge in [0, 0.05) is 41.5 Å². The number of rotatable bonds is 8. The fraction of sp³-hybridized carbons (Fsp3) is 0.444. The minimum atomic E-state index is -4.26. The third kappa shape index (κ3) is 6.33. The van der Waals surface area contributed by atoms with Crippen molar-refractivity contribution in [3.63, 3.8) is 0 Å². The van der Waals surface area contributed by atoms with Gasteiger partial charge in [0.2, 0.25) is 0 Å². The first-order valence-corrected chi connectivity index (χ1v) is 13.5. The molecule has 8 nitrogen and oxygen atoms in total. The van der Waals surface area contributed by atoms with Crippen molar-refractivity contribution >= 4 is 38.3 Å². The topological polar surface area (TPSA) is 110 Å². The molecule has 0 spiro atoms. The van der Waals surface area contributed by atoms with Crippen LogP contribution < -0.4 is 5.32 Å². The van der Waals surface area contributed by atoms with Crippen LogP contribution in [0.1, 0.15) is 35.9 Å². The van der Waals surface area contributed by atoms with Crippen molar-refractivity contribution in [1.29, 1.82) is 5.26 Å². The van der Waals surface area contributed by atoms with Gasteiger partial charge in [-0.05, 0) is 49.6 Å². The number of aliphatic hydroxyl groups excluding tert-OH is 1. The predicted molar refractivity (Wildman–Crippen MR) is 143 cm³/mol. The number of benzene rings is 1. The zero-order chi connectivity index (χ0) is 27.8. The van der Waals surface area contributed by atoms with E-state index in [9.17, 15) is 28.6 Å². The Morgan fingerprint density at radius 3 is 2.64 bits per heavy atom. The summed E-state index contributed by atoms with van der Waals surface area (Å²) in [7, 11) is 0. The van der Waals surface area contributed by atoms with Crippen LogP contribution in [0.3, 0.4) is 0 Å². The van der Waals surface area contributed by atoms with E-state index in [2.05, 4.69) is 32.3 Å². The van der Waals surface area contributed by atoms with Crippen molar-refractivity contribution in [2.24, 2.45) is 0 Å². The second kappa shape index (κ2) is 10.7. The van der Waals surface area contributed by atoms with Gasteiger partial charge in [-0.3, -0.25) is 4.90 Å². The molecule has 1 saturated heterocycles. The summed E-state index contributed by atoms with van der Waals surface area (Å²) in [6, 6.07) is 11.7. The van der Waals surface area contributed by atoms with E-state index in [0.717, 1.165) is 60.3 Å². The second-order valence-corrected chi connectivity index (χ2v) is 11.5. The van der Waals surface area contributed by atoms with Crippen molar-refractivity contribution in [1.82, 2.24) is 19.4 Å². The number of thiophene rings is 1.